The molecule has 0 aliphatic carbocycles. The fourth-order valence-electron chi connectivity index (χ4n) is 2.60. The molecule has 1 atom stereocenters. The summed E-state index contributed by atoms with van der Waals surface area (Å²) >= 11 is 0. The van der Waals surface area contributed by atoms with Crippen molar-refractivity contribution >= 4 is 0 Å². The van der Waals surface area contributed by atoms with E-state index in [1.54, 1.807) is 0 Å². The summed E-state index contributed by atoms with van der Waals surface area (Å²) in [5.74, 6) is 0.557. The maximum atomic E-state index is 4.31. The number of hydrogen-bond acceptors (Lipinski definition) is 3. The average molecular weight is 242 g/mol. The Kier molecular flexibility index (Phi) is 3.11. The van der Waals surface area contributed by atoms with Crippen molar-refractivity contribution in [3.8, 4) is 5.69 Å². The van der Waals surface area contributed by atoms with Gasteiger partial charge < -0.3 is 9.88 Å². The van der Waals surface area contributed by atoms with Crippen LogP contribution in [0.4, 0.5) is 0 Å². The molecule has 18 heavy (non-hydrogen) atoms. The van der Waals surface area contributed by atoms with Crippen LogP contribution in [0.1, 0.15) is 30.0 Å². The molecule has 2 aromatic rings. The number of aryl methyl sites for hydroxylation is 1. The minimum atomic E-state index is 0.557. The highest BCUT2D eigenvalue weighted by Crippen LogP contribution is 2.25. The summed E-state index contributed by atoms with van der Waals surface area (Å²) in [5, 5.41) is 3.46. The number of imidazole rings is 1. The Morgan fingerprint density at radius 1 is 1.28 bits per heavy atom. The molecule has 4 heteroatoms. The topological polar surface area (TPSA) is 42.7 Å². The van der Waals surface area contributed by atoms with E-state index in [9.17, 15) is 0 Å². The van der Waals surface area contributed by atoms with E-state index in [-0.39, 0.29) is 0 Å². The summed E-state index contributed by atoms with van der Waals surface area (Å²) in [6.45, 7) is 4.25. The monoisotopic (exact) mass is 242 g/mol. The molecular formula is C14H18N4. The highest BCUT2D eigenvalue weighted by Gasteiger charge is 2.19. The van der Waals surface area contributed by atoms with Crippen LogP contribution in [0.15, 0.2) is 31.0 Å². The van der Waals surface area contributed by atoms with Crippen molar-refractivity contribution in [1.29, 1.82) is 0 Å². The Hall–Kier alpha value is -1.68. The Labute approximate surface area is 107 Å². The van der Waals surface area contributed by atoms with E-state index in [1.165, 1.54) is 24.1 Å². The third-order valence-electron chi connectivity index (χ3n) is 3.52. The third kappa shape index (κ3) is 2.16. The summed E-state index contributed by atoms with van der Waals surface area (Å²) in [5.41, 5.74) is 3.57. The van der Waals surface area contributed by atoms with Gasteiger partial charge in [0, 0.05) is 30.6 Å². The van der Waals surface area contributed by atoms with Crippen molar-refractivity contribution in [1.82, 2.24) is 19.9 Å². The van der Waals surface area contributed by atoms with Crippen LogP contribution in [0.3, 0.4) is 0 Å². The van der Waals surface area contributed by atoms with Gasteiger partial charge in [-0.3, -0.25) is 4.98 Å². The number of nitrogens with zero attached hydrogens (tertiary/aromatic N) is 3. The van der Waals surface area contributed by atoms with Crippen LogP contribution in [0.25, 0.3) is 5.69 Å². The fraction of sp³-hybridized carbons (Fsp3) is 0.429. The third-order valence-corrected chi connectivity index (χ3v) is 3.52. The van der Waals surface area contributed by atoms with Gasteiger partial charge >= 0.3 is 0 Å². The first kappa shape index (κ1) is 11.4. The van der Waals surface area contributed by atoms with Gasteiger partial charge in [0.15, 0.2) is 0 Å². The predicted octanol–water partition coefficient (Wildman–Crippen LogP) is 2.04. The van der Waals surface area contributed by atoms with E-state index >= 15 is 0 Å². The molecule has 1 saturated heterocycles. The molecular weight excluding hydrogens is 224 g/mol. The maximum Gasteiger partial charge on any atom is 0.0994 e. The summed E-state index contributed by atoms with van der Waals surface area (Å²) in [7, 11) is 0. The molecule has 1 fully saturated rings. The van der Waals surface area contributed by atoms with E-state index < -0.39 is 0 Å². The van der Waals surface area contributed by atoms with Crippen LogP contribution in [0.5, 0.6) is 0 Å². The van der Waals surface area contributed by atoms with E-state index in [4.69, 9.17) is 0 Å². The van der Waals surface area contributed by atoms with Gasteiger partial charge in [0.25, 0.3) is 0 Å². The number of pyridine rings is 1. The van der Waals surface area contributed by atoms with Gasteiger partial charge in [-0.15, -0.1) is 0 Å². The summed E-state index contributed by atoms with van der Waals surface area (Å²) < 4.78 is 2.16. The van der Waals surface area contributed by atoms with Crippen molar-refractivity contribution in [2.45, 2.75) is 25.7 Å². The first-order valence-electron chi connectivity index (χ1n) is 6.49. The lowest BCUT2D eigenvalue weighted by Gasteiger charge is -2.23. The lowest BCUT2D eigenvalue weighted by Crippen LogP contribution is -2.29. The van der Waals surface area contributed by atoms with Crippen LogP contribution in [-0.2, 0) is 0 Å². The SMILES string of the molecule is Cc1cncc(-n2cncc2C2CCCNC2)c1. The minimum Gasteiger partial charge on any atom is -0.316 e. The minimum absolute atomic E-state index is 0.557. The van der Waals surface area contributed by atoms with Gasteiger partial charge in [0.2, 0.25) is 0 Å². The molecule has 1 aliphatic heterocycles. The molecule has 3 rings (SSSR count). The second-order valence-electron chi connectivity index (χ2n) is 4.95. The second-order valence-corrected chi connectivity index (χ2v) is 4.95. The zero-order valence-electron chi connectivity index (χ0n) is 10.6. The Morgan fingerprint density at radius 2 is 2.22 bits per heavy atom. The van der Waals surface area contributed by atoms with E-state index in [0.717, 1.165) is 18.8 Å². The normalized spacial score (nSPS) is 19.9. The van der Waals surface area contributed by atoms with Crippen LogP contribution < -0.4 is 5.32 Å². The van der Waals surface area contributed by atoms with E-state index in [1.807, 2.05) is 24.9 Å². The number of aromatic nitrogens is 3. The lowest BCUT2D eigenvalue weighted by atomic mass is 9.96. The first-order chi connectivity index (χ1) is 8.84. The van der Waals surface area contributed by atoms with Crippen molar-refractivity contribution in [3.05, 3.63) is 42.2 Å². The molecule has 0 spiro atoms. The molecule has 0 aromatic carbocycles. The predicted molar refractivity (Wildman–Crippen MR) is 70.9 cm³/mol. The highest BCUT2D eigenvalue weighted by molar-refractivity contribution is 5.34. The summed E-state index contributed by atoms with van der Waals surface area (Å²) in [6, 6.07) is 2.15. The summed E-state index contributed by atoms with van der Waals surface area (Å²) in [4.78, 5) is 8.57. The lowest BCUT2D eigenvalue weighted by molar-refractivity contribution is 0.451. The molecule has 3 heterocycles. The van der Waals surface area contributed by atoms with Crippen LogP contribution in [-0.4, -0.2) is 27.6 Å². The number of piperidine rings is 1. The van der Waals surface area contributed by atoms with Gasteiger partial charge in [-0.1, -0.05) is 0 Å². The van der Waals surface area contributed by atoms with Crippen LogP contribution in [0, 0.1) is 6.92 Å². The zero-order chi connectivity index (χ0) is 12.4. The van der Waals surface area contributed by atoms with Crippen LogP contribution in [0.2, 0.25) is 0 Å². The highest BCUT2D eigenvalue weighted by atomic mass is 15.1. The van der Waals surface area contributed by atoms with Crippen molar-refractivity contribution in [2.24, 2.45) is 0 Å². The van der Waals surface area contributed by atoms with E-state index in [0.29, 0.717) is 5.92 Å². The average Bonchev–Trinajstić information content (AvgIpc) is 2.89. The van der Waals surface area contributed by atoms with E-state index in [2.05, 4.69) is 32.8 Å². The maximum absolute atomic E-state index is 4.31. The van der Waals surface area contributed by atoms with Crippen molar-refractivity contribution in [3.63, 3.8) is 0 Å². The second kappa shape index (κ2) is 4.90. The molecule has 1 unspecified atom stereocenters. The Bertz CT molecular complexity index is 526. The Balaban J connectivity index is 1.95. The number of nitrogens with one attached hydrogen (secondary N) is 1. The molecule has 4 nitrogen and oxygen atoms in total. The van der Waals surface area contributed by atoms with Gasteiger partial charge in [0.05, 0.1) is 18.2 Å². The fourth-order valence-corrected chi connectivity index (χ4v) is 2.60. The number of rotatable bonds is 2. The van der Waals surface area contributed by atoms with Gasteiger partial charge in [-0.05, 0) is 37.9 Å². The first-order valence-corrected chi connectivity index (χ1v) is 6.49. The summed E-state index contributed by atoms with van der Waals surface area (Å²) in [6.07, 6.45) is 10.1. The van der Waals surface area contributed by atoms with Crippen molar-refractivity contribution < 1.29 is 0 Å². The Morgan fingerprint density at radius 3 is 3.00 bits per heavy atom. The molecule has 0 amide bonds. The standard InChI is InChI=1S/C14H18N4/c1-11-5-13(8-16-6-11)18-10-17-9-14(18)12-3-2-4-15-7-12/h5-6,8-10,12,15H,2-4,7H2,1H3. The molecule has 0 saturated carbocycles. The quantitative estimate of drug-likeness (QED) is 0.876. The number of hydrogen-bond donors (Lipinski definition) is 1. The van der Waals surface area contributed by atoms with Crippen molar-refractivity contribution in [2.75, 3.05) is 13.1 Å². The molecule has 1 N–H and O–H groups in total. The molecule has 2 aromatic heterocycles. The van der Waals surface area contributed by atoms with Gasteiger partial charge in [-0.25, -0.2) is 4.98 Å². The molecule has 0 bridgehead atoms. The molecule has 1 aliphatic rings. The smallest absolute Gasteiger partial charge is 0.0994 e. The van der Waals surface area contributed by atoms with Gasteiger partial charge in [0.1, 0.15) is 0 Å². The van der Waals surface area contributed by atoms with Crippen LogP contribution >= 0.6 is 0 Å². The largest absolute Gasteiger partial charge is 0.316 e. The molecule has 94 valence electrons. The van der Waals surface area contributed by atoms with Gasteiger partial charge in [-0.2, -0.15) is 0 Å². The molecule has 0 radical (unpaired) electrons. The zero-order valence-corrected chi connectivity index (χ0v) is 10.6.